The number of benzene rings is 2. The van der Waals surface area contributed by atoms with E-state index in [2.05, 4.69) is 5.32 Å². The average molecular weight is 477 g/mol. The molecule has 1 fully saturated rings. The number of sulfonamides is 1. The lowest BCUT2D eigenvalue weighted by molar-refractivity contribution is -0.385. The molecule has 11 nitrogen and oxygen atoms in total. The standard InChI is InChI=1S/C21H24N4O7S/c26-21(22-7-6-16-4-5-19-20(14-16)32-13-12-31-19)23-8-10-24(11-9-23)33(29,30)18-3-1-2-17(15-18)25(27)28/h1-5,14-15H,6-13H2,(H,22,26). The highest BCUT2D eigenvalue weighted by Gasteiger charge is 2.31. The van der Waals surface area contributed by atoms with Gasteiger partial charge in [-0.25, -0.2) is 13.2 Å². The first-order valence-electron chi connectivity index (χ1n) is 10.5. The highest BCUT2D eigenvalue weighted by Crippen LogP contribution is 2.30. The van der Waals surface area contributed by atoms with E-state index < -0.39 is 14.9 Å². The van der Waals surface area contributed by atoms with E-state index in [-0.39, 0.29) is 42.8 Å². The van der Waals surface area contributed by atoms with E-state index in [1.807, 2.05) is 18.2 Å². The maximum Gasteiger partial charge on any atom is 0.317 e. The molecule has 176 valence electrons. The topological polar surface area (TPSA) is 131 Å². The summed E-state index contributed by atoms with van der Waals surface area (Å²) in [7, 11) is -3.88. The quantitative estimate of drug-likeness (QED) is 0.495. The Bertz CT molecular complexity index is 1150. The Morgan fingerprint density at radius 2 is 1.76 bits per heavy atom. The number of non-ortho nitro benzene ring substituents is 1. The maximum absolute atomic E-state index is 12.8. The summed E-state index contributed by atoms with van der Waals surface area (Å²) in [6.45, 7) is 2.14. The van der Waals surface area contributed by atoms with Crippen molar-refractivity contribution >= 4 is 21.7 Å². The van der Waals surface area contributed by atoms with Crippen LogP contribution in [0.2, 0.25) is 0 Å². The first kappa shape index (κ1) is 22.8. The summed E-state index contributed by atoms with van der Waals surface area (Å²) >= 11 is 0. The Morgan fingerprint density at radius 3 is 2.48 bits per heavy atom. The predicted octanol–water partition coefficient (Wildman–Crippen LogP) is 1.62. The number of carbonyl (C=O) groups is 1. The molecule has 2 aromatic carbocycles. The van der Waals surface area contributed by atoms with E-state index in [0.29, 0.717) is 37.7 Å². The third-order valence-electron chi connectivity index (χ3n) is 5.49. The minimum atomic E-state index is -3.88. The zero-order valence-corrected chi connectivity index (χ0v) is 18.6. The molecule has 0 unspecified atom stereocenters. The van der Waals surface area contributed by atoms with Gasteiger partial charge in [0.1, 0.15) is 13.2 Å². The molecule has 2 heterocycles. The summed E-state index contributed by atoms with van der Waals surface area (Å²) in [5.41, 5.74) is 0.722. The van der Waals surface area contributed by atoms with Crippen LogP contribution in [0.1, 0.15) is 5.56 Å². The van der Waals surface area contributed by atoms with E-state index in [0.717, 1.165) is 11.6 Å². The molecule has 1 N–H and O–H groups in total. The Labute approximate surface area is 191 Å². The number of rotatable bonds is 6. The molecule has 1 saturated heterocycles. The van der Waals surface area contributed by atoms with Gasteiger partial charge in [0.2, 0.25) is 10.0 Å². The number of nitro groups is 1. The zero-order chi connectivity index (χ0) is 23.4. The van der Waals surface area contributed by atoms with Crippen molar-refractivity contribution in [1.29, 1.82) is 0 Å². The average Bonchev–Trinajstić information content (AvgIpc) is 2.84. The van der Waals surface area contributed by atoms with Crippen LogP contribution >= 0.6 is 0 Å². The summed E-state index contributed by atoms with van der Waals surface area (Å²) in [5.74, 6) is 1.41. The monoisotopic (exact) mass is 476 g/mol. The molecule has 0 spiro atoms. The van der Waals surface area contributed by atoms with Crippen molar-refractivity contribution in [3.8, 4) is 11.5 Å². The largest absolute Gasteiger partial charge is 0.486 e. The molecule has 2 aliphatic rings. The number of nitrogens with zero attached hydrogens (tertiary/aromatic N) is 3. The van der Waals surface area contributed by atoms with Crippen molar-refractivity contribution < 1.29 is 27.6 Å². The second-order valence-electron chi connectivity index (χ2n) is 7.61. The van der Waals surface area contributed by atoms with Crippen LogP contribution in [0.5, 0.6) is 11.5 Å². The number of piperazine rings is 1. The van der Waals surface area contributed by atoms with Gasteiger partial charge < -0.3 is 19.7 Å². The summed E-state index contributed by atoms with van der Waals surface area (Å²) in [6, 6.07) is 10.4. The number of fused-ring (bicyclic) bond motifs is 1. The number of amides is 2. The van der Waals surface area contributed by atoms with Crippen molar-refractivity contribution in [2.75, 3.05) is 45.9 Å². The number of hydrogen-bond donors (Lipinski definition) is 1. The van der Waals surface area contributed by atoms with Gasteiger partial charge in [-0.3, -0.25) is 10.1 Å². The highest BCUT2D eigenvalue weighted by molar-refractivity contribution is 7.89. The Morgan fingerprint density at radius 1 is 1.03 bits per heavy atom. The van der Waals surface area contributed by atoms with Gasteiger partial charge in [-0.2, -0.15) is 4.31 Å². The first-order chi connectivity index (χ1) is 15.8. The van der Waals surface area contributed by atoms with Crippen molar-refractivity contribution in [1.82, 2.24) is 14.5 Å². The van der Waals surface area contributed by atoms with Crippen LogP contribution in [0.3, 0.4) is 0 Å². The molecule has 0 aliphatic carbocycles. The lowest BCUT2D eigenvalue weighted by Gasteiger charge is -2.34. The third kappa shape index (κ3) is 5.17. The van der Waals surface area contributed by atoms with Crippen LogP contribution in [0.15, 0.2) is 47.4 Å². The van der Waals surface area contributed by atoms with Crippen LogP contribution < -0.4 is 14.8 Å². The Kier molecular flexibility index (Phi) is 6.65. The highest BCUT2D eigenvalue weighted by atomic mass is 32.2. The van der Waals surface area contributed by atoms with Crippen LogP contribution in [-0.4, -0.2) is 74.5 Å². The van der Waals surface area contributed by atoms with Gasteiger partial charge in [0.25, 0.3) is 5.69 Å². The molecular formula is C21H24N4O7S. The molecule has 2 aliphatic heterocycles. The fourth-order valence-electron chi connectivity index (χ4n) is 3.71. The van der Waals surface area contributed by atoms with Gasteiger partial charge in [-0.15, -0.1) is 0 Å². The number of nitrogens with one attached hydrogen (secondary N) is 1. The molecule has 2 aromatic rings. The molecule has 12 heteroatoms. The van der Waals surface area contributed by atoms with Crippen molar-refractivity contribution in [3.63, 3.8) is 0 Å². The van der Waals surface area contributed by atoms with E-state index in [1.54, 1.807) is 4.90 Å². The summed E-state index contributed by atoms with van der Waals surface area (Å²) in [6.07, 6.45) is 0.615. The van der Waals surface area contributed by atoms with Gasteiger partial charge in [-0.1, -0.05) is 12.1 Å². The molecule has 0 aromatic heterocycles. The fourth-order valence-corrected chi connectivity index (χ4v) is 5.17. The van der Waals surface area contributed by atoms with Crippen molar-refractivity contribution in [2.24, 2.45) is 0 Å². The van der Waals surface area contributed by atoms with Crippen LogP contribution in [0.4, 0.5) is 10.5 Å². The lowest BCUT2D eigenvalue weighted by Crippen LogP contribution is -2.53. The maximum atomic E-state index is 12.8. The van der Waals surface area contributed by atoms with Crippen LogP contribution in [0.25, 0.3) is 0 Å². The SMILES string of the molecule is O=C(NCCc1ccc2c(c1)OCCO2)N1CCN(S(=O)(=O)c2cccc([N+](=O)[O-])c2)CC1. The minimum Gasteiger partial charge on any atom is -0.486 e. The lowest BCUT2D eigenvalue weighted by atomic mass is 10.1. The van der Waals surface area contributed by atoms with Crippen molar-refractivity contribution in [3.05, 3.63) is 58.1 Å². The zero-order valence-electron chi connectivity index (χ0n) is 17.8. The number of hydrogen-bond acceptors (Lipinski definition) is 7. The molecule has 0 atom stereocenters. The van der Waals surface area contributed by atoms with Crippen molar-refractivity contribution in [2.45, 2.75) is 11.3 Å². The van der Waals surface area contributed by atoms with Crippen LogP contribution in [-0.2, 0) is 16.4 Å². The molecule has 4 rings (SSSR count). The number of carbonyl (C=O) groups excluding carboxylic acids is 1. The minimum absolute atomic E-state index is 0.112. The Balaban J connectivity index is 1.27. The molecular weight excluding hydrogens is 452 g/mol. The summed E-state index contributed by atoms with van der Waals surface area (Å²) in [4.78, 5) is 24.2. The van der Waals surface area contributed by atoms with Gasteiger partial charge in [0.05, 0.1) is 9.82 Å². The van der Waals surface area contributed by atoms with Gasteiger partial charge in [0.15, 0.2) is 11.5 Å². The first-order valence-corrected chi connectivity index (χ1v) is 11.9. The molecule has 0 radical (unpaired) electrons. The van der Waals surface area contributed by atoms with E-state index in [4.69, 9.17) is 9.47 Å². The molecule has 33 heavy (non-hydrogen) atoms. The smallest absolute Gasteiger partial charge is 0.317 e. The summed E-state index contributed by atoms with van der Waals surface area (Å²) in [5, 5.41) is 13.8. The summed E-state index contributed by atoms with van der Waals surface area (Å²) < 4.78 is 38.0. The van der Waals surface area contributed by atoms with E-state index in [1.165, 1.54) is 22.5 Å². The third-order valence-corrected chi connectivity index (χ3v) is 7.38. The second kappa shape index (κ2) is 9.63. The number of urea groups is 1. The van der Waals surface area contributed by atoms with Gasteiger partial charge >= 0.3 is 6.03 Å². The van der Waals surface area contributed by atoms with E-state index >= 15 is 0 Å². The molecule has 0 saturated carbocycles. The van der Waals surface area contributed by atoms with Crippen LogP contribution in [0, 0.1) is 10.1 Å². The fraction of sp³-hybridized carbons (Fsp3) is 0.381. The number of nitro benzene ring substituents is 1. The predicted molar refractivity (Wildman–Crippen MR) is 118 cm³/mol. The second-order valence-corrected chi connectivity index (χ2v) is 9.54. The Hall–Kier alpha value is -3.38. The normalized spacial score (nSPS) is 16.3. The number of ether oxygens (including phenoxy) is 2. The molecule has 2 amide bonds. The van der Waals surface area contributed by atoms with Gasteiger partial charge in [0, 0.05) is 44.9 Å². The van der Waals surface area contributed by atoms with Gasteiger partial charge in [-0.05, 0) is 30.2 Å². The molecule has 0 bridgehead atoms. The van der Waals surface area contributed by atoms with E-state index in [9.17, 15) is 23.3 Å².